The first-order chi connectivity index (χ1) is 13.1. The third-order valence-electron chi connectivity index (χ3n) is 5.36. The molecule has 1 unspecified atom stereocenters. The molecule has 0 saturated carbocycles. The van der Waals surface area contributed by atoms with Crippen LogP contribution in [0.4, 0.5) is 0 Å². The highest BCUT2D eigenvalue weighted by atomic mass is 32.1. The van der Waals surface area contributed by atoms with Crippen LogP contribution in [0.3, 0.4) is 0 Å². The van der Waals surface area contributed by atoms with Crippen molar-refractivity contribution in [2.24, 2.45) is 7.05 Å². The molecular weight excluding hydrogens is 354 g/mol. The zero-order valence-electron chi connectivity index (χ0n) is 15.9. The molecule has 1 amide bonds. The zero-order chi connectivity index (χ0) is 18.8. The minimum atomic E-state index is 0.0534. The maximum absolute atomic E-state index is 13.3. The summed E-state index contributed by atoms with van der Waals surface area (Å²) >= 11 is 1.54. The fourth-order valence-electron chi connectivity index (χ4n) is 3.83. The Labute approximate surface area is 164 Å². The molecule has 4 nitrogen and oxygen atoms in total. The van der Waals surface area contributed by atoms with Crippen molar-refractivity contribution >= 4 is 17.2 Å². The summed E-state index contributed by atoms with van der Waals surface area (Å²) in [5, 5.41) is 2.81. The van der Waals surface area contributed by atoms with Gasteiger partial charge in [0.25, 0.3) is 5.91 Å². The molecule has 1 aliphatic heterocycles. The van der Waals surface area contributed by atoms with Crippen molar-refractivity contribution in [3.8, 4) is 10.6 Å². The number of aryl methyl sites for hydroxylation is 2. The van der Waals surface area contributed by atoms with Gasteiger partial charge in [-0.3, -0.25) is 4.79 Å². The van der Waals surface area contributed by atoms with E-state index in [0.29, 0.717) is 5.69 Å². The van der Waals surface area contributed by atoms with Gasteiger partial charge in [0.05, 0.1) is 6.04 Å². The summed E-state index contributed by atoms with van der Waals surface area (Å²) in [5.74, 6) is 0.0534. The Hall–Kier alpha value is -2.40. The number of benzene rings is 1. The Bertz CT molecular complexity index is 925. The van der Waals surface area contributed by atoms with Crippen molar-refractivity contribution in [1.29, 1.82) is 0 Å². The lowest BCUT2D eigenvalue weighted by Crippen LogP contribution is -2.35. The lowest BCUT2D eigenvalue weighted by atomic mass is 10.1. The van der Waals surface area contributed by atoms with Crippen molar-refractivity contribution < 1.29 is 4.79 Å². The van der Waals surface area contributed by atoms with E-state index >= 15 is 0 Å². The van der Waals surface area contributed by atoms with Crippen molar-refractivity contribution in [2.45, 2.75) is 38.6 Å². The molecule has 1 saturated heterocycles. The molecule has 1 atom stereocenters. The summed E-state index contributed by atoms with van der Waals surface area (Å²) in [6, 6.07) is 12.6. The van der Waals surface area contributed by atoms with Crippen LogP contribution in [0.25, 0.3) is 10.6 Å². The number of carbonyl (C=O) groups excluding carboxylic acids is 1. The second kappa shape index (κ2) is 7.69. The molecule has 27 heavy (non-hydrogen) atoms. The lowest BCUT2D eigenvalue weighted by molar-refractivity contribution is 0.0669. The zero-order valence-corrected chi connectivity index (χ0v) is 16.7. The van der Waals surface area contributed by atoms with E-state index in [9.17, 15) is 4.79 Å². The van der Waals surface area contributed by atoms with E-state index in [1.807, 2.05) is 10.3 Å². The standard InChI is InChI=1S/C22H25N3OS/c1-16-9-11-17(12-10-16)21-23-18(15-27-21)22(26)25-14-5-3-4-7-20(25)19-8-6-13-24(19)2/h6,8-13,15,20H,3-5,7,14H2,1-2H3. The summed E-state index contributed by atoms with van der Waals surface area (Å²) in [6.07, 6.45) is 6.46. The second-order valence-corrected chi connectivity index (χ2v) is 8.17. The molecule has 5 heteroatoms. The minimum absolute atomic E-state index is 0.0534. The van der Waals surface area contributed by atoms with Gasteiger partial charge < -0.3 is 9.47 Å². The van der Waals surface area contributed by atoms with Crippen LogP contribution >= 0.6 is 11.3 Å². The Morgan fingerprint density at radius 1 is 1.15 bits per heavy atom. The maximum Gasteiger partial charge on any atom is 0.273 e. The van der Waals surface area contributed by atoms with Gasteiger partial charge in [-0.2, -0.15) is 0 Å². The van der Waals surface area contributed by atoms with Crippen LogP contribution in [0.2, 0.25) is 0 Å². The van der Waals surface area contributed by atoms with Crippen LogP contribution < -0.4 is 0 Å². The molecule has 1 aliphatic rings. The van der Waals surface area contributed by atoms with E-state index in [-0.39, 0.29) is 11.9 Å². The van der Waals surface area contributed by atoms with Crippen LogP contribution in [0.5, 0.6) is 0 Å². The number of amides is 1. The van der Waals surface area contributed by atoms with Crippen LogP contribution in [-0.2, 0) is 7.05 Å². The highest BCUT2D eigenvalue weighted by Crippen LogP contribution is 2.32. The van der Waals surface area contributed by atoms with E-state index in [0.717, 1.165) is 36.4 Å². The largest absolute Gasteiger partial charge is 0.353 e. The van der Waals surface area contributed by atoms with E-state index in [2.05, 4.69) is 66.1 Å². The van der Waals surface area contributed by atoms with E-state index in [1.54, 1.807) is 11.3 Å². The smallest absolute Gasteiger partial charge is 0.273 e. The average molecular weight is 380 g/mol. The first-order valence-corrected chi connectivity index (χ1v) is 10.5. The fraction of sp³-hybridized carbons (Fsp3) is 0.364. The number of rotatable bonds is 3. The Balaban J connectivity index is 1.62. The Morgan fingerprint density at radius 3 is 2.70 bits per heavy atom. The van der Waals surface area contributed by atoms with Gasteiger partial charge in [0.1, 0.15) is 10.7 Å². The molecule has 0 spiro atoms. The second-order valence-electron chi connectivity index (χ2n) is 7.31. The highest BCUT2D eigenvalue weighted by molar-refractivity contribution is 7.13. The highest BCUT2D eigenvalue weighted by Gasteiger charge is 2.30. The monoisotopic (exact) mass is 379 g/mol. The number of hydrogen-bond donors (Lipinski definition) is 0. The Kier molecular flexibility index (Phi) is 5.12. The molecular formula is C22H25N3OS. The van der Waals surface area contributed by atoms with Crippen LogP contribution in [0.1, 0.15) is 53.5 Å². The van der Waals surface area contributed by atoms with Gasteiger partial charge in [-0.15, -0.1) is 11.3 Å². The SMILES string of the molecule is Cc1ccc(-c2nc(C(=O)N3CCCCCC3c3cccn3C)cs2)cc1. The molecule has 4 rings (SSSR count). The van der Waals surface area contributed by atoms with Crippen LogP contribution in [0.15, 0.2) is 48.0 Å². The fourth-order valence-corrected chi connectivity index (χ4v) is 4.63. The molecule has 1 fully saturated rings. The van der Waals surface area contributed by atoms with Crippen molar-refractivity contribution in [1.82, 2.24) is 14.5 Å². The summed E-state index contributed by atoms with van der Waals surface area (Å²) in [4.78, 5) is 20.0. The van der Waals surface area contributed by atoms with Gasteiger partial charge >= 0.3 is 0 Å². The van der Waals surface area contributed by atoms with Crippen molar-refractivity contribution in [3.63, 3.8) is 0 Å². The Morgan fingerprint density at radius 2 is 1.96 bits per heavy atom. The number of carbonyl (C=O) groups is 1. The van der Waals surface area contributed by atoms with Gasteiger partial charge in [0.2, 0.25) is 0 Å². The summed E-state index contributed by atoms with van der Waals surface area (Å²) < 4.78 is 2.13. The van der Waals surface area contributed by atoms with Gasteiger partial charge in [-0.1, -0.05) is 42.7 Å². The average Bonchev–Trinajstić information content (AvgIpc) is 3.25. The predicted molar refractivity (Wildman–Crippen MR) is 110 cm³/mol. The first-order valence-electron chi connectivity index (χ1n) is 9.58. The number of nitrogens with zero attached hydrogens (tertiary/aromatic N) is 3. The molecule has 1 aromatic carbocycles. The van der Waals surface area contributed by atoms with E-state index in [1.165, 1.54) is 17.7 Å². The van der Waals surface area contributed by atoms with E-state index in [4.69, 9.17) is 0 Å². The van der Waals surface area contributed by atoms with Gasteiger partial charge in [-0.05, 0) is 31.9 Å². The molecule has 0 N–H and O–H groups in total. The molecule has 2 aromatic heterocycles. The topological polar surface area (TPSA) is 38.1 Å². The lowest BCUT2D eigenvalue weighted by Gasteiger charge is -2.30. The van der Waals surface area contributed by atoms with Gasteiger partial charge in [0, 0.05) is 36.4 Å². The van der Waals surface area contributed by atoms with E-state index < -0.39 is 0 Å². The molecule has 0 aliphatic carbocycles. The number of hydrogen-bond acceptors (Lipinski definition) is 3. The summed E-state index contributed by atoms with van der Waals surface area (Å²) in [6.45, 7) is 2.87. The summed E-state index contributed by atoms with van der Waals surface area (Å²) in [5.41, 5.74) is 4.07. The molecule has 3 aromatic rings. The number of thiazole rings is 1. The van der Waals surface area contributed by atoms with Crippen molar-refractivity contribution in [3.05, 3.63) is 64.9 Å². The first kappa shape index (κ1) is 18.0. The molecule has 3 heterocycles. The maximum atomic E-state index is 13.3. The van der Waals surface area contributed by atoms with Crippen LogP contribution in [0, 0.1) is 6.92 Å². The van der Waals surface area contributed by atoms with Gasteiger partial charge in [0.15, 0.2) is 0 Å². The van der Waals surface area contributed by atoms with Crippen molar-refractivity contribution in [2.75, 3.05) is 6.54 Å². The van der Waals surface area contributed by atoms with Crippen LogP contribution in [-0.4, -0.2) is 26.9 Å². The number of aromatic nitrogens is 2. The normalized spacial score (nSPS) is 17.7. The molecule has 0 bridgehead atoms. The predicted octanol–water partition coefficient (Wildman–Crippen LogP) is 5.21. The summed E-state index contributed by atoms with van der Waals surface area (Å²) in [7, 11) is 2.06. The quantitative estimate of drug-likeness (QED) is 0.626. The minimum Gasteiger partial charge on any atom is -0.353 e. The third-order valence-corrected chi connectivity index (χ3v) is 6.25. The molecule has 140 valence electrons. The van der Waals surface area contributed by atoms with Gasteiger partial charge in [-0.25, -0.2) is 4.98 Å². The number of likely N-dealkylation sites (tertiary alicyclic amines) is 1. The molecule has 0 radical (unpaired) electrons. The third kappa shape index (κ3) is 3.69.